The van der Waals surface area contributed by atoms with Gasteiger partial charge in [-0.1, -0.05) is 47.6 Å². The summed E-state index contributed by atoms with van der Waals surface area (Å²) in [6.07, 6.45) is 2.72. The number of rotatable bonds is 4. The summed E-state index contributed by atoms with van der Waals surface area (Å²) in [5, 5.41) is 13.4. The van der Waals surface area contributed by atoms with Crippen molar-refractivity contribution in [2.24, 2.45) is 5.73 Å². The predicted octanol–water partition coefficient (Wildman–Crippen LogP) is 4.81. The van der Waals surface area contributed by atoms with Gasteiger partial charge in [-0.2, -0.15) is 0 Å². The van der Waals surface area contributed by atoms with E-state index in [-0.39, 0.29) is 10.6 Å². The lowest BCUT2D eigenvalue weighted by atomic mass is 10.1. The summed E-state index contributed by atoms with van der Waals surface area (Å²) in [6.45, 7) is 14.3. The number of nitro groups is 1. The number of nitrogens with zero attached hydrogens (tertiary/aromatic N) is 1. The van der Waals surface area contributed by atoms with Crippen LogP contribution in [0.15, 0.2) is 18.2 Å². The number of hydrogen-bond acceptors (Lipinski definition) is 5. The lowest BCUT2D eigenvalue weighted by Crippen LogP contribution is -1.96. The SMILES string of the molecule is CC.CC.CC=O.CCCN.CCc1ccc([N+](=O)[O-])cc1NC. The Kier molecular flexibility index (Phi) is 32.5. The molecule has 0 saturated carbocycles. The van der Waals surface area contributed by atoms with E-state index in [9.17, 15) is 10.1 Å². The second-order valence-electron chi connectivity index (χ2n) is 3.73. The van der Waals surface area contributed by atoms with Crippen LogP contribution >= 0.6 is 0 Å². The summed E-state index contributed by atoms with van der Waals surface area (Å²) in [5.74, 6) is 0. The molecule has 0 radical (unpaired) electrons. The third kappa shape index (κ3) is 18.1. The number of anilines is 1. The second kappa shape index (κ2) is 26.0. The smallest absolute Gasteiger partial charge is 0.271 e. The fourth-order valence-electron chi connectivity index (χ4n) is 1.22. The molecule has 0 spiro atoms. The third-order valence-corrected chi connectivity index (χ3v) is 2.24. The zero-order chi connectivity index (χ0) is 20.0. The van der Waals surface area contributed by atoms with Gasteiger partial charge < -0.3 is 15.8 Å². The summed E-state index contributed by atoms with van der Waals surface area (Å²) < 4.78 is 0. The number of nitrogens with one attached hydrogen (secondary N) is 1. The molecule has 142 valence electrons. The van der Waals surface area contributed by atoms with Gasteiger partial charge in [-0.05, 0) is 31.9 Å². The number of non-ortho nitro benzene ring substituents is 1. The number of nitrogens with two attached hydrogens (primary N) is 1. The minimum Gasteiger partial charge on any atom is -0.388 e. The number of nitro benzene ring substituents is 1. The third-order valence-electron chi connectivity index (χ3n) is 2.24. The zero-order valence-electron chi connectivity index (χ0n) is 16.7. The molecule has 0 atom stereocenters. The molecule has 6 heteroatoms. The van der Waals surface area contributed by atoms with Crippen LogP contribution in [0.25, 0.3) is 0 Å². The first kappa shape index (κ1) is 30.0. The standard InChI is InChI=1S/C9H12N2O2.C3H9N.C2H4O.2C2H6/c1-3-7-4-5-8(11(12)13)6-9(7)10-2;1-2-3-4;1-2-3;2*1-2/h4-6,10H,3H2,1-2H3;2-4H2,1H3;2H,1H3;2*1-2H3. The van der Waals surface area contributed by atoms with Crippen LogP contribution in [0.2, 0.25) is 0 Å². The van der Waals surface area contributed by atoms with Crippen LogP contribution in [0, 0.1) is 10.1 Å². The first-order valence-electron chi connectivity index (χ1n) is 8.57. The molecule has 0 amide bonds. The molecule has 1 rings (SSSR count). The van der Waals surface area contributed by atoms with E-state index < -0.39 is 0 Å². The van der Waals surface area contributed by atoms with Crippen molar-refractivity contribution in [1.82, 2.24) is 0 Å². The normalized spacial score (nSPS) is 7.54. The van der Waals surface area contributed by atoms with Gasteiger partial charge in [0.2, 0.25) is 0 Å². The molecule has 1 aromatic rings. The molecule has 0 aromatic heterocycles. The highest BCUT2D eigenvalue weighted by Crippen LogP contribution is 2.22. The average Bonchev–Trinajstić information content (AvgIpc) is 2.65. The van der Waals surface area contributed by atoms with Crippen molar-refractivity contribution >= 4 is 17.7 Å². The summed E-state index contributed by atoms with van der Waals surface area (Å²) in [7, 11) is 1.76. The molecular weight excluding hydrogens is 306 g/mol. The number of aldehydes is 1. The van der Waals surface area contributed by atoms with Crippen molar-refractivity contribution in [2.45, 2.75) is 61.3 Å². The Bertz CT molecular complexity index is 395. The highest BCUT2D eigenvalue weighted by molar-refractivity contribution is 5.56. The fourth-order valence-corrected chi connectivity index (χ4v) is 1.22. The number of hydrogen-bond donors (Lipinski definition) is 2. The molecule has 0 fully saturated rings. The average molecular weight is 344 g/mol. The van der Waals surface area contributed by atoms with E-state index in [1.807, 2.05) is 34.6 Å². The van der Waals surface area contributed by atoms with Crippen LogP contribution in [0.3, 0.4) is 0 Å². The molecule has 0 aliphatic heterocycles. The Morgan fingerprint density at radius 2 is 1.62 bits per heavy atom. The number of aryl methyl sites for hydroxylation is 1. The number of benzene rings is 1. The van der Waals surface area contributed by atoms with E-state index in [4.69, 9.17) is 10.5 Å². The molecule has 0 unspecified atom stereocenters. The maximum atomic E-state index is 10.4. The lowest BCUT2D eigenvalue weighted by molar-refractivity contribution is -0.384. The maximum Gasteiger partial charge on any atom is 0.271 e. The quantitative estimate of drug-likeness (QED) is 0.464. The number of carbonyl (C=O) groups excluding carboxylic acids is 1. The van der Waals surface area contributed by atoms with Crippen LogP contribution in [0.4, 0.5) is 11.4 Å². The van der Waals surface area contributed by atoms with Crippen LogP contribution in [0.5, 0.6) is 0 Å². The van der Waals surface area contributed by atoms with Crippen molar-refractivity contribution in [3.63, 3.8) is 0 Å². The van der Waals surface area contributed by atoms with E-state index in [2.05, 4.69) is 12.2 Å². The summed E-state index contributed by atoms with van der Waals surface area (Å²) in [4.78, 5) is 18.9. The molecule has 6 nitrogen and oxygen atoms in total. The van der Waals surface area contributed by atoms with E-state index in [0.717, 1.165) is 36.9 Å². The minimum atomic E-state index is -0.389. The molecular formula is C18H37N3O3. The first-order chi connectivity index (χ1) is 11.5. The monoisotopic (exact) mass is 343 g/mol. The Balaban J connectivity index is -0.000000152. The van der Waals surface area contributed by atoms with Crippen molar-refractivity contribution in [1.29, 1.82) is 0 Å². The Labute approximate surface area is 148 Å². The van der Waals surface area contributed by atoms with Gasteiger partial charge >= 0.3 is 0 Å². The van der Waals surface area contributed by atoms with Gasteiger partial charge in [0.05, 0.1) is 4.92 Å². The first-order valence-corrected chi connectivity index (χ1v) is 8.57. The molecule has 0 aliphatic carbocycles. The van der Waals surface area contributed by atoms with Crippen molar-refractivity contribution in [3.8, 4) is 0 Å². The van der Waals surface area contributed by atoms with Gasteiger partial charge in [0.15, 0.2) is 0 Å². The molecule has 1 aromatic carbocycles. The molecule has 24 heavy (non-hydrogen) atoms. The van der Waals surface area contributed by atoms with Crippen molar-refractivity contribution < 1.29 is 9.72 Å². The summed E-state index contributed by atoms with van der Waals surface area (Å²) in [6, 6.07) is 4.86. The Morgan fingerprint density at radius 3 is 1.88 bits per heavy atom. The van der Waals surface area contributed by atoms with Crippen LogP contribution in [-0.4, -0.2) is 24.8 Å². The van der Waals surface area contributed by atoms with E-state index >= 15 is 0 Å². The zero-order valence-corrected chi connectivity index (χ0v) is 16.7. The highest BCUT2D eigenvalue weighted by Gasteiger charge is 2.07. The topological polar surface area (TPSA) is 98.3 Å². The lowest BCUT2D eigenvalue weighted by Gasteiger charge is -2.05. The van der Waals surface area contributed by atoms with Crippen LogP contribution < -0.4 is 11.1 Å². The van der Waals surface area contributed by atoms with E-state index in [1.54, 1.807) is 19.2 Å². The molecule has 0 bridgehead atoms. The highest BCUT2D eigenvalue weighted by atomic mass is 16.6. The van der Waals surface area contributed by atoms with Crippen LogP contribution in [-0.2, 0) is 11.2 Å². The van der Waals surface area contributed by atoms with Crippen molar-refractivity contribution in [2.75, 3.05) is 18.9 Å². The van der Waals surface area contributed by atoms with Gasteiger partial charge in [-0.25, -0.2) is 0 Å². The maximum absolute atomic E-state index is 10.4. The van der Waals surface area contributed by atoms with Gasteiger partial charge in [0, 0.05) is 24.9 Å². The summed E-state index contributed by atoms with van der Waals surface area (Å²) in [5.41, 5.74) is 7.08. The number of carbonyl (C=O) groups is 1. The fraction of sp³-hybridized carbons (Fsp3) is 0.611. The van der Waals surface area contributed by atoms with E-state index in [0.29, 0.717) is 0 Å². The molecule has 0 saturated heterocycles. The Morgan fingerprint density at radius 1 is 1.21 bits per heavy atom. The second-order valence-corrected chi connectivity index (χ2v) is 3.73. The molecule has 0 heterocycles. The van der Waals surface area contributed by atoms with E-state index in [1.165, 1.54) is 13.0 Å². The molecule has 0 aliphatic rings. The van der Waals surface area contributed by atoms with Crippen molar-refractivity contribution in [3.05, 3.63) is 33.9 Å². The molecule has 3 N–H and O–H groups in total. The Hall–Kier alpha value is -1.95. The summed E-state index contributed by atoms with van der Waals surface area (Å²) >= 11 is 0. The van der Waals surface area contributed by atoms with Gasteiger partial charge in [0.25, 0.3) is 5.69 Å². The van der Waals surface area contributed by atoms with Gasteiger partial charge in [-0.3, -0.25) is 10.1 Å². The van der Waals surface area contributed by atoms with Gasteiger partial charge in [0.1, 0.15) is 6.29 Å². The minimum absolute atomic E-state index is 0.126. The van der Waals surface area contributed by atoms with Gasteiger partial charge in [-0.15, -0.1) is 0 Å². The van der Waals surface area contributed by atoms with Crippen LogP contribution in [0.1, 0.15) is 60.5 Å². The predicted molar refractivity (Wildman–Crippen MR) is 106 cm³/mol. The largest absolute Gasteiger partial charge is 0.388 e.